The van der Waals surface area contributed by atoms with Crippen molar-refractivity contribution in [3.63, 3.8) is 0 Å². The highest BCUT2D eigenvalue weighted by molar-refractivity contribution is 6.13. The van der Waals surface area contributed by atoms with E-state index in [1.807, 2.05) is 13.0 Å². The van der Waals surface area contributed by atoms with Crippen molar-refractivity contribution < 1.29 is 10.2 Å². The molecule has 0 bridgehead atoms. The highest BCUT2D eigenvalue weighted by Gasteiger charge is 2.22. The summed E-state index contributed by atoms with van der Waals surface area (Å²) >= 11 is 0. The Labute approximate surface area is 132 Å². The zero-order chi connectivity index (χ0) is 16.8. The molecule has 2 heterocycles. The lowest BCUT2D eigenvalue weighted by Gasteiger charge is -2.12. The van der Waals surface area contributed by atoms with Crippen molar-refractivity contribution in [2.45, 2.75) is 6.92 Å². The first-order valence-corrected chi connectivity index (χ1v) is 6.99. The lowest BCUT2D eigenvalue weighted by molar-refractivity contribution is 0.579. The van der Waals surface area contributed by atoms with Crippen LogP contribution in [0.1, 0.15) is 12.5 Å². The van der Waals surface area contributed by atoms with E-state index in [9.17, 15) is 8.78 Å². The SMILES string of the molecule is [2H]c1cc2c(cc1C)-c1[nH]ncc1N=C(c1c(F)cccc1F)N2. The third-order valence-corrected chi connectivity index (χ3v) is 3.67. The van der Waals surface area contributed by atoms with Gasteiger partial charge < -0.3 is 5.32 Å². The number of nitrogens with zero attached hydrogens (tertiary/aromatic N) is 2. The van der Waals surface area contributed by atoms with E-state index >= 15 is 0 Å². The lowest BCUT2D eigenvalue weighted by Crippen LogP contribution is -2.17. The molecule has 1 aromatic heterocycles. The van der Waals surface area contributed by atoms with Crippen LogP contribution < -0.4 is 5.32 Å². The second kappa shape index (κ2) is 5.01. The van der Waals surface area contributed by atoms with E-state index in [0.29, 0.717) is 23.1 Å². The summed E-state index contributed by atoms with van der Waals surface area (Å²) < 4.78 is 36.3. The zero-order valence-corrected chi connectivity index (χ0v) is 12.1. The Kier molecular flexibility index (Phi) is 2.73. The van der Waals surface area contributed by atoms with Crippen LogP contribution in [0.25, 0.3) is 11.3 Å². The number of benzene rings is 2. The van der Waals surface area contributed by atoms with Gasteiger partial charge in [0.1, 0.15) is 23.2 Å². The molecule has 0 aliphatic carbocycles. The molecule has 0 amide bonds. The van der Waals surface area contributed by atoms with Crippen molar-refractivity contribution in [2.24, 2.45) is 4.99 Å². The highest BCUT2D eigenvalue weighted by atomic mass is 19.1. The van der Waals surface area contributed by atoms with Crippen LogP contribution in [0, 0.1) is 18.6 Å². The maximum Gasteiger partial charge on any atom is 0.144 e. The average Bonchev–Trinajstić information content (AvgIpc) is 2.93. The molecule has 6 heteroatoms. The fraction of sp³-hybridized carbons (Fsp3) is 0.0588. The Morgan fingerprint density at radius 2 is 1.96 bits per heavy atom. The van der Waals surface area contributed by atoms with E-state index in [0.717, 1.165) is 11.1 Å². The standard InChI is InChI=1S/C17H12F2N4/c1-9-5-6-13-10(7-9)16-14(8-20-23-16)22-17(21-13)15-11(18)3-2-4-12(15)19/h2-8H,1H3,(H,20,23)(H,21,22)/i5D. The molecule has 1 aliphatic heterocycles. The number of aryl methyl sites for hydroxylation is 1. The van der Waals surface area contributed by atoms with E-state index in [1.54, 1.807) is 6.07 Å². The van der Waals surface area contributed by atoms with Crippen LogP contribution in [0.3, 0.4) is 0 Å². The summed E-state index contributed by atoms with van der Waals surface area (Å²) in [4.78, 5) is 4.34. The first-order chi connectivity index (χ1) is 11.5. The molecular weight excluding hydrogens is 298 g/mol. The van der Waals surface area contributed by atoms with E-state index in [-0.39, 0.29) is 11.4 Å². The van der Waals surface area contributed by atoms with Crippen molar-refractivity contribution >= 4 is 17.2 Å². The lowest BCUT2D eigenvalue weighted by atomic mass is 10.1. The Balaban J connectivity index is 1.98. The van der Waals surface area contributed by atoms with Gasteiger partial charge in [-0.25, -0.2) is 13.8 Å². The molecule has 0 radical (unpaired) electrons. The molecule has 2 N–H and O–H groups in total. The molecule has 0 fully saturated rings. The molecule has 3 aromatic rings. The van der Waals surface area contributed by atoms with Gasteiger partial charge in [0.2, 0.25) is 0 Å². The highest BCUT2D eigenvalue weighted by Crippen LogP contribution is 2.37. The molecule has 0 saturated heterocycles. The van der Waals surface area contributed by atoms with Gasteiger partial charge in [0, 0.05) is 11.3 Å². The number of amidine groups is 1. The molecule has 4 rings (SSSR count). The quantitative estimate of drug-likeness (QED) is 0.709. The molecule has 23 heavy (non-hydrogen) atoms. The predicted molar refractivity (Wildman–Crippen MR) is 84.9 cm³/mol. The van der Waals surface area contributed by atoms with Gasteiger partial charge in [0.05, 0.1) is 18.8 Å². The summed E-state index contributed by atoms with van der Waals surface area (Å²) in [6.45, 7) is 1.82. The molecule has 0 spiro atoms. The van der Waals surface area contributed by atoms with E-state index in [4.69, 9.17) is 1.37 Å². The monoisotopic (exact) mass is 311 g/mol. The van der Waals surface area contributed by atoms with Gasteiger partial charge >= 0.3 is 0 Å². The maximum absolute atomic E-state index is 14.2. The first-order valence-electron chi connectivity index (χ1n) is 7.49. The van der Waals surface area contributed by atoms with Crippen molar-refractivity contribution in [1.82, 2.24) is 10.2 Å². The van der Waals surface area contributed by atoms with Crippen molar-refractivity contribution in [2.75, 3.05) is 5.32 Å². The third kappa shape index (κ3) is 2.19. The largest absolute Gasteiger partial charge is 0.339 e. The van der Waals surface area contributed by atoms with Crippen LogP contribution >= 0.6 is 0 Å². The van der Waals surface area contributed by atoms with Crippen LogP contribution in [-0.4, -0.2) is 16.0 Å². The van der Waals surface area contributed by atoms with Gasteiger partial charge in [-0.2, -0.15) is 5.10 Å². The van der Waals surface area contributed by atoms with E-state index in [1.165, 1.54) is 24.4 Å². The molecule has 0 atom stereocenters. The van der Waals surface area contributed by atoms with Crippen molar-refractivity contribution in [1.29, 1.82) is 0 Å². The molecule has 4 nitrogen and oxygen atoms in total. The van der Waals surface area contributed by atoms with Crippen LogP contribution in [0.5, 0.6) is 0 Å². The summed E-state index contributed by atoms with van der Waals surface area (Å²) in [6, 6.07) is 7.39. The van der Waals surface area contributed by atoms with E-state index in [2.05, 4.69) is 20.5 Å². The molecule has 114 valence electrons. The predicted octanol–water partition coefficient (Wildman–Crippen LogP) is 4.17. The minimum atomic E-state index is -0.715. The van der Waals surface area contributed by atoms with Crippen LogP contribution in [-0.2, 0) is 0 Å². The van der Waals surface area contributed by atoms with Crippen molar-refractivity contribution in [3.8, 4) is 11.3 Å². The summed E-state index contributed by atoms with van der Waals surface area (Å²) in [6.07, 6.45) is 1.49. The number of aliphatic imine (C=N–C) groups is 1. The number of H-pyrrole nitrogens is 1. The van der Waals surface area contributed by atoms with Gasteiger partial charge in [0.15, 0.2) is 0 Å². The number of fused-ring (bicyclic) bond motifs is 3. The Morgan fingerprint density at radius 3 is 2.74 bits per heavy atom. The van der Waals surface area contributed by atoms with Gasteiger partial charge in [-0.1, -0.05) is 17.7 Å². The number of anilines is 1. The Morgan fingerprint density at radius 1 is 1.17 bits per heavy atom. The number of hydrogen-bond donors (Lipinski definition) is 2. The number of aromatic nitrogens is 2. The Hall–Kier alpha value is -3.02. The zero-order valence-electron chi connectivity index (χ0n) is 13.1. The summed E-state index contributed by atoms with van der Waals surface area (Å²) in [5, 5.41) is 9.79. The number of nitrogens with one attached hydrogen (secondary N) is 2. The molecular formula is C17H12F2N4. The maximum atomic E-state index is 14.2. The summed E-state index contributed by atoms with van der Waals surface area (Å²) in [7, 11) is 0. The van der Waals surface area contributed by atoms with Gasteiger partial charge in [0.25, 0.3) is 0 Å². The minimum Gasteiger partial charge on any atom is -0.339 e. The van der Waals surface area contributed by atoms with E-state index < -0.39 is 11.6 Å². The van der Waals surface area contributed by atoms with Crippen LogP contribution in [0.15, 0.2) is 47.6 Å². The average molecular weight is 311 g/mol. The van der Waals surface area contributed by atoms with Crippen molar-refractivity contribution in [3.05, 3.63) is 65.3 Å². The van der Waals surface area contributed by atoms with Gasteiger partial charge in [-0.3, -0.25) is 5.10 Å². The molecule has 0 saturated carbocycles. The summed E-state index contributed by atoms with van der Waals surface area (Å²) in [5.74, 6) is -1.39. The normalized spacial score (nSPS) is 13.3. The molecule has 0 unspecified atom stereocenters. The minimum absolute atomic E-state index is 0.0373. The Bertz CT molecular complexity index is 974. The first kappa shape index (κ1) is 12.5. The second-order valence-corrected chi connectivity index (χ2v) is 5.26. The fourth-order valence-corrected chi connectivity index (χ4v) is 2.59. The molecule has 2 aromatic carbocycles. The number of rotatable bonds is 1. The van der Waals surface area contributed by atoms with Crippen LogP contribution in [0.4, 0.5) is 20.2 Å². The molecule has 1 aliphatic rings. The topological polar surface area (TPSA) is 53.1 Å². The number of aromatic amines is 1. The smallest absolute Gasteiger partial charge is 0.144 e. The van der Waals surface area contributed by atoms with Crippen LogP contribution in [0.2, 0.25) is 0 Å². The summed E-state index contributed by atoms with van der Waals surface area (Å²) in [5.41, 5.74) is 2.91. The third-order valence-electron chi connectivity index (χ3n) is 3.67. The number of halogens is 2. The van der Waals surface area contributed by atoms with Gasteiger partial charge in [-0.05, 0) is 31.2 Å². The second-order valence-electron chi connectivity index (χ2n) is 5.26. The van der Waals surface area contributed by atoms with Gasteiger partial charge in [-0.15, -0.1) is 0 Å². The number of hydrogen-bond acceptors (Lipinski definition) is 3. The fourth-order valence-electron chi connectivity index (χ4n) is 2.59.